The molecule has 0 aliphatic heterocycles. The second-order valence-corrected chi connectivity index (χ2v) is 8.38. The van der Waals surface area contributed by atoms with E-state index in [0.29, 0.717) is 5.92 Å². The van der Waals surface area contributed by atoms with Crippen molar-refractivity contribution in [3.05, 3.63) is 71.0 Å². The predicted octanol–water partition coefficient (Wildman–Crippen LogP) is 7.80. The van der Waals surface area contributed by atoms with E-state index in [9.17, 15) is 30.7 Å². The Morgan fingerprint density at radius 3 is 2.00 bits per heavy atom. The van der Waals surface area contributed by atoms with Gasteiger partial charge in [0.1, 0.15) is 5.82 Å². The highest BCUT2D eigenvalue weighted by atomic mass is 19.4. The summed E-state index contributed by atoms with van der Waals surface area (Å²) in [5, 5.41) is 3.27. The Kier molecular flexibility index (Phi) is 10.4. The van der Waals surface area contributed by atoms with Crippen LogP contribution < -0.4 is 5.32 Å². The molecule has 0 aromatic heterocycles. The van der Waals surface area contributed by atoms with Gasteiger partial charge in [-0.1, -0.05) is 31.5 Å². The maximum Gasteiger partial charge on any atom is 0.416 e. The van der Waals surface area contributed by atoms with Crippen LogP contribution in [0.15, 0.2) is 48.5 Å². The zero-order valence-electron chi connectivity index (χ0n) is 19.1. The van der Waals surface area contributed by atoms with Crippen molar-refractivity contribution in [3.63, 3.8) is 0 Å². The predicted molar refractivity (Wildman–Crippen MR) is 117 cm³/mol. The molecule has 2 nitrogen and oxygen atoms in total. The van der Waals surface area contributed by atoms with Crippen LogP contribution in [0.25, 0.3) is 0 Å². The summed E-state index contributed by atoms with van der Waals surface area (Å²) in [5.74, 6) is 0.227. The largest absolute Gasteiger partial charge is 0.416 e. The van der Waals surface area contributed by atoms with Crippen LogP contribution in [0.3, 0.4) is 0 Å². The van der Waals surface area contributed by atoms with Crippen molar-refractivity contribution < 1.29 is 35.5 Å². The van der Waals surface area contributed by atoms with E-state index in [-0.39, 0.29) is 23.6 Å². The van der Waals surface area contributed by atoms with Gasteiger partial charge in [0.15, 0.2) is 0 Å². The Bertz CT molecular complexity index is 836. The summed E-state index contributed by atoms with van der Waals surface area (Å²) >= 11 is 0. The van der Waals surface area contributed by atoms with Crippen LogP contribution in [0.1, 0.15) is 62.3 Å². The standard InChI is InChI=1S/C19H25F6NO.C6H5F/c1-3-26-11-13-5-4-6-17(7-13)27-12(2)14-8-15(18(20,21)22)10-16(9-14)19(23,24)25;7-6-4-2-1-3-5-6/h8-10,12-13,17,26H,3-7,11H2,1-2H3;1-5H/t12?,13-,17+;/m0./s1. The van der Waals surface area contributed by atoms with Crippen LogP contribution in [0.4, 0.5) is 30.7 Å². The van der Waals surface area contributed by atoms with E-state index in [4.69, 9.17) is 4.74 Å². The molecule has 3 atom stereocenters. The smallest absolute Gasteiger partial charge is 0.371 e. The van der Waals surface area contributed by atoms with Gasteiger partial charge in [-0.25, -0.2) is 4.39 Å². The molecule has 34 heavy (non-hydrogen) atoms. The van der Waals surface area contributed by atoms with Crippen LogP contribution in [0.5, 0.6) is 0 Å². The van der Waals surface area contributed by atoms with Gasteiger partial charge in [0, 0.05) is 0 Å². The number of nitrogens with one attached hydrogen (secondary N) is 1. The minimum Gasteiger partial charge on any atom is -0.371 e. The van der Waals surface area contributed by atoms with E-state index in [1.807, 2.05) is 6.92 Å². The molecule has 1 unspecified atom stereocenters. The highest BCUT2D eigenvalue weighted by Gasteiger charge is 2.37. The average molecular weight is 494 g/mol. The first kappa shape index (κ1) is 28.1. The SMILES string of the molecule is CCNC[C@H]1CCC[C@@H](OC(C)c2cc(C(F)(F)F)cc(C(F)(F)F)c2)C1.Fc1ccccc1. The third kappa shape index (κ3) is 9.25. The lowest BCUT2D eigenvalue weighted by molar-refractivity contribution is -0.143. The third-order valence-corrected chi connectivity index (χ3v) is 5.63. The van der Waals surface area contributed by atoms with E-state index in [1.54, 1.807) is 18.2 Å². The summed E-state index contributed by atoms with van der Waals surface area (Å²) in [6, 6.07) is 9.58. The van der Waals surface area contributed by atoms with E-state index in [2.05, 4.69) is 5.32 Å². The molecule has 0 saturated heterocycles. The highest BCUT2D eigenvalue weighted by molar-refractivity contribution is 5.34. The Morgan fingerprint density at radius 1 is 0.941 bits per heavy atom. The van der Waals surface area contributed by atoms with Crippen molar-refractivity contribution in [1.82, 2.24) is 5.32 Å². The van der Waals surface area contributed by atoms with Gasteiger partial charge in [-0.3, -0.25) is 0 Å². The molecule has 0 spiro atoms. The van der Waals surface area contributed by atoms with Crippen LogP contribution in [0, 0.1) is 11.7 Å². The van der Waals surface area contributed by atoms with Crippen LogP contribution in [0.2, 0.25) is 0 Å². The number of halogens is 7. The highest BCUT2D eigenvalue weighted by Crippen LogP contribution is 2.38. The van der Waals surface area contributed by atoms with E-state index >= 15 is 0 Å². The Balaban J connectivity index is 0.000000497. The number of ether oxygens (including phenoxy) is 1. The van der Waals surface area contributed by atoms with Crippen molar-refractivity contribution in [2.45, 2.75) is 64.1 Å². The fourth-order valence-corrected chi connectivity index (χ4v) is 3.89. The molecule has 0 heterocycles. The van der Waals surface area contributed by atoms with Crippen molar-refractivity contribution in [2.24, 2.45) is 5.92 Å². The van der Waals surface area contributed by atoms with Crippen molar-refractivity contribution in [1.29, 1.82) is 0 Å². The monoisotopic (exact) mass is 493 g/mol. The van der Waals surface area contributed by atoms with Gasteiger partial charge in [0.05, 0.1) is 23.3 Å². The zero-order valence-corrected chi connectivity index (χ0v) is 19.1. The fraction of sp³-hybridized carbons (Fsp3) is 0.520. The minimum atomic E-state index is -4.85. The molecule has 0 bridgehead atoms. The number of benzene rings is 2. The number of alkyl halides is 6. The van der Waals surface area contributed by atoms with Gasteiger partial charge in [-0.05, 0) is 81.1 Å². The van der Waals surface area contributed by atoms with Gasteiger partial charge in [-0.2, -0.15) is 26.3 Å². The maximum absolute atomic E-state index is 13.0. The number of hydrogen-bond acceptors (Lipinski definition) is 2. The third-order valence-electron chi connectivity index (χ3n) is 5.63. The average Bonchev–Trinajstić information content (AvgIpc) is 2.77. The first-order valence-electron chi connectivity index (χ1n) is 11.3. The molecule has 190 valence electrons. The Hall–Kier alpha value is -2.13. The molecule has 0 amide bonds. The van der Waals surface area contributed by atoms with Crippen LogP contribution in [-0.4, -0.2) is 19.2 Å². The molecule has 0 radical (unpaired) electrons. The van der Waals surface area contributed by atoms with Crippen molar-refractivity contribution in [2.75, 3.05) is 13.1 Å². The van der Waals surface area contributed by atoms with E-state index in [1.165, 1.54) is 19.1 Å². The molecular weight excluding hydrogens is 463 g/mol. The maximum atomic E-state index is 13.0. The molecule has 9 heteroatoms. The normalized spacial score (nSPS) is 19.8. The molecule has 1 aliphatic carbocycles. The second kappa shape index (κ2) is 12.5. The molecule has 1 saturated carbocycles. The summed E-state index contributed by atoms with van der Waals surface area (Å²) in [7, 11) is 0. The Labute approximate surface area is 195 Å². The summed E-state index contributed by atoms with van der Waals surface area (Å²) in [5.41, 5.74) is -2.72. The summed E-state index contributed by atoms with van der Waals surface area (Å²) in [6.07, 6.45) is -7.22. The lowest BCUT2D eigenvalue weighted by Gasteiger charge is -2.31. The first-order chi connectivity index (χ1) is 15.9. The first-order valence-corrected chi connectivity index (χ1v) is 11.3. The number of rotatable bonds is 6. The molecule has 1 N–H and O–H groups in total. The fourth-order valence-electron chi connectivity index (χ4n) is 3.89. The van der Waals surface area contributed by atoms with E-state index < -0.39 is 29.6 Å². The molecule has 2 aromatic carbocycles. The van der Waals surface area contributed by atoms with Gasteiger partial charge < -0.3 is 10.1 Å². The minimum absolute atomic E-state index is 0.106. The quantitative estimate of drug-likeness (QED) is 0.415. The number of hydrogen-bond donors (Lipinski definition) is 1. The molecule has 3 rings (SSSR count). The lowest BCUT2D eigenvalue weighted by atomic mass is 9.87. The second-order valence-electron chi connectivity index (χ2n) is 8.38. The molecule has 2 aromatic rings. The summed E-state index contributed by atoms with van der Waals surface area (Å²) < 4.78 is 95.8. The molecular formula is C25H30F7NO. The van der Waals surface area contributed by atoms with Crippen LogP contribution >= 0.6 is 0 Å². The van der Waals surface area contributed by atoms with Gasteiger partial charge in [-0.15, -0.1) is 0 Å². The molecule has 1 fully saturated rings. The zero-order chi connectivity index (χ0) is 25.4. The van der Waals surface area contributed by atoms with Gasteiger partial charge in [0.25, 0.3) is 0 Å². The van der Waals surface area contributed by atoms with E-state index in [0.717, 1.165) is 50.9 Å². The Morgan fingerprint density at radius 2 is 1.53 bits per heavy atom. The molecule has 1 aliphatic rings. The summed E-state index contributed by atoms with van der Waals surface area (Å²) in [6.45, 7) is 5.20. The van der Waals surface area contributed by atoms with Gasteiger partial charge in [0.2, 0.25) is 0 Å². The summed E-state index contributed by atoms with van der Waals surface area (Å²) in [4.78, 5) is 0. The lowest BCUT2D eigenvalue weighted by Crippen LogP contribution is -2.31. The van der Waals surface area contributed by atoms with Crippen molar-refractivity contribution in [3.8, 4) is 0 Å². The van der Waals surface area contributed by atoms with Crippen molar-refractivity contribution >= 4 is 0 Å². The topological polar surface area (TPSA) is 21.3 Å². The van der Waals surface area contributed by atoms with Crippen LogP contribution in [-0.2, 0) is 17.1 Å². The van der Waals surface area contributed by atoms with Gasteiger partial charge >= 0.3 is 12.4 Å².